The summed E-state index contributed by atoms with van der Waals surface area (Å²) in [6, 6.07) is 1.78. The molecule has 2 heterocycles. The topological polar surface area (TPSA) is 41.1 Å². The minimum atomic E-state index is 0.298. The Bertz CT molecular complexity index is 313. The fraction of sp³-hybridized carbons (Fsp3) is 0.941. The van der Waals surface area contributed by atoms with E-state index in [4.69, 9.17) is 0 Å². The third-order valence-corrected chi connectivity index (χ3v) is 5.58. The highest BCUT2D eigenvalue weighted by molar-refractivity contribution is 5.76. The maximum absolute atomic E-state index is 12.1. The van der Waals surface area contributed by atoms with E-state index in [1.165, 1.54) is 51.4 Å². The molecule has 2 aliphatic heterocycles. The first kappa shape index (κ1) is 14.4. The summed E-state index contributed by atoms with van der Waals surface area (Å²) < 4.78 is 0. The van der Waals surface area contributed by atoms with E-state index in [0.29, 0.717) is 24.0 Å². The quantitative estimate of drug-likeness (QED) is 0.811. The van der Waals surface area contributed by atoms with Crippen LogP contribution >= 0.6 is 0 Å². The van der Waals surface area contributed by atoms with Crippen molar-refractivity contribution in [3.63, 3.8) is 0 Å². The second kappa shape index (κ2) is 6.93. The maximum atomic E-state index is 12.1. The first-order valence-corrected chi connectivity index (χ1v) is 8.85. The molecule has 2 atom stereocenters. The van der Waals surface area contributed by atoms with Crippen molar-refractivity contribution in [3.8, 4) is 0 Å². The molecule has 2 bridgehead atoms. The summed E-state index contributed by atoms with van der Waals surface area (Å²) in [6.45, 7) is 0. The van der Waals surface area contributed by atoms with E-state index >= 15 is 0 Å². The predicted molar refractivity (Wildman–Crippen MR) is 81.5 cm³/mol. The number of carbonyl (C=O) groups is 1. The summed E-state index contributed by atoms with van der Waals surface area (Å²) in [7, 11) is 0. The molecule has 3 fully saturated rings. The zero-order chi connectivity index (χ0) is 13.8. The Hall–Kier alpha value is -0.570. The third-order valence-electron chi connectivity index (χ3n) is 5.58. The Balaban J connectivity index is 1.31. The van der Waals surface area contributed by atoms with Gasteiger partial charge in [0.05, 0.1) is 0 Å². The summed E-state index contributed by atoms with van der Waals surface area (Å²) in [6.07, 6.45) is 15.1. The second-order valence-electron chi connectivity index (χ2n) is 7.27. The second-order valence-corrected chi connectivity index (χ2v) is 7.27. The largest absolute Gasteiger partial charge is 0.353 e. The van der Waals surface area contributed by atoms with E-state index in [2.05, 4.69) is 10.6 Å². The van der Waals surface area contributed by atoms with Crippen molar-refractivity contribution >= 4 is 5.91 Å². The van der Waals surface area contributed by atoms with Crippen LogP contribution in [0.15, 0.2) is 0 Å². The predicted octanol–water partition coefficient (Wildman–Crippen LogP) is 3.14. The van der Waals surface area contributed by atoms with Gasteiger partial charge in [-0.15, -0.1) is 0 Å². The molecule has 1 amide bonds. The average Bonchev–Trinajstić information content (AvgIpc) is 2.79. The number of carbonyl (C=O) groups excluding carboxylic acids is 1. The summed E-state index contributed by atoms with van der Waals surface area (Å²) in [4.78, 5) is 12.1. The molecule has 2 N–H and O–H groups in total. The summed E-state index contributed by atoms with van der Waals surface area (Å²) in [5.74, 6) is 1.21. The molecule has 3 aliphatic rings. The molecule has 0 aromatic heterocycles. The lowest BCUT2D eigenvalue weighted by molar-refractivity contribution is -0.122. The van der Waals surface area contributed by atoms with Gasteiger partial charge in [0.25, 0.3) is 0 Å². The molecule has 1 saturated carbocycles. The van der Waals surface area contributed by atoms with E-state index in [-0.39, 0.29) is 0 Å². The van der Waals surface area contributed by atoms with Gasteiger partial charge in [0, 0.05) is 24.5 Å². The smallest absolute Gasteiger partial charge is 0.220 e. The van der Waals surface area contributed by atoms with Crippen LogP contribution in [0.1, 0.15) is 77.0 Å². The molecule has 1 aliphatic carbocycles. The highest BCUT2D eigenvalue weighted by Gasteiger charge is 2.33. The van der Waals surface area contributed by atoms with Crippen LogP contribution in [0.3, 0.4) is 0 Å². The minimum Gasteiger partial charge on any atom is -0.353 e. The van der Waals surface area contributed by atoms with Crippen LogP contribution in [0.4, 0.5) is 0 Å². The summed E-state index contributed by atoms with van der Waals surface area (Å²) in [5.41, 5.74) is 0. The molecule has 2 unspecified atom stereocenters. The molecular weight excluding hydrogens is 248 g/mol. The van der Waals surface area contributed by atoms with Crippen molar-refractivity contribution in [2.45, 2.75) is 95.2 Å². The van der Waals surface area contributed by atoms with Crippen molar-refractivity contribution in [3.05, 3.63) is 0 Å². The fourth-order valence-electron chi connectivity index (χ4n) is 4.50. The van der Waals surface area contributed by atoms with Crippen LogP contribution in [0.2, 0.25) is 0 Å². The highest BCUT2D eigenvalue weighted by atomic mass is 16.1. The van der Waals surface area contributed by atoms with Crippen molar-refractivity contribution in [2.75, 3.05) is 0 Å². The van der Waals surface area contributed by atoms with Gasteiger partial charge in [-0.25, -0.2) is 0 Å². The Morgan fingerprint density at radius 2 is 1.70 bits per heavy atom. The lowest BCUT2D eigenvalue weighted by atomic mass is 9.86. The van der Waals surface area contributed by atoms with Crippen molar-refractivity contribution in [2.24, 2.45) is 5.92 Å². The Labute approximate surface area is 123 Å². The normalized spacial score (nSPS) is 34.1. The number of hydrogen-bond acceptors (Lipinski definition) is 2. The van der Waals surface area contributed by atoms with Gasteiger partial charge >= 0.3 is 0 Å². The monoisotopic (exact) mass is 278 g/mol. The maximum Gasteiger partial charge on any atom is 0.220 e. The molecule has 3 heteroatoms. The molecule has 3 rings (SSSR count). The number of piperidine rings is 1. The Kier molecular flexibility index (Phi) is 4.98. The number of rotatable bonds is 5. The molecule has 0 radical (unpaired) electrons. The summed E-state index contributed by atoms with van der Waals surface area (Å²) in [5, 5.41) is 6.91. The standard InChI is InChI=1S/C17H30N2O/c20-17(8-4-7-13-5-2-1-3-6-13)19-16-11-14-9-10-15(12-16)18-14/h13-16,18H,1-12H2,(H,19,20). The zero-order valence-corrected chi connectivity index (χ0v) is 12.7. The first-order chi connectivity index (χ1) is 9.79. The van der Waals surface area contributed by atoms with Crippen LogP contribution in [-0.4, -0.2) is 24.0 Å². The average molecular weight is 278 g/mol. The van der Waals surface area contributed by atoms with E-state index in [9.17, 15) is 4.79 Å². The Morgan fingerprint density at radius 3 is 2.40 bits per heavy atom. The number of nitrogens with one attached hydrogen (secondary N) is 2. The molecular formula is C17H30N2O. The minimum absolute atomic E-state index is 0.298. The van der Waals surface area contributed by atoms with Gasteiger partial charge in [0.1, 0.15) is 0 Å². The van der Waals surface area contributed by atoms with Gasteiger partial charge in [-0.1, -0.05) is 32.1 Å². The summed E-state index contributed by atoms with van der Waals surface area (Å²) >= 11 is 0. The van der Waals surface area contributed by atoms with Gasteiger partial charge in [-0.2, -0.15) is 0 Å². The lowest BCUT2D eigenvalue weighted by Gasteiger charge is -2.29. The third kappa shape index (κ3) is 3.97. The number of hydrogen-bond donors (Lipinski definition) is 2. The Morgan fingerprint density at radius 1 is 1.00 bits per heavy atom. The highest BCUT2D eigenvalue weighted by Crippen LogP contribution is 2.28. The van der Waals surface area contributed by atoms with Crippen LogP contribution in [0.25, 0.3) is 0 Å². The SMILES string of the molecule is O=C(CCCC1CCCCC1)NC1CC2CCC(C1)N2. The van der Waals surface area contributed by atoms with E-state index in [1.807, 2.05) is 0 Å². The van der Waals surface area contributed by atoms with Crippen molar-refractivity contribution in [1.29, 1.82) is 0 Å². The van der Waals surface area contributed by atoms with Gasteiger partial charge < -0.3 is 10.6 Å². The molecule has 2 saturated heterocycles. The first-order valence-electron chi connectivity index (χ1n) is 8.85. The number of fused-ring (bicyclic) bond motifs is 2. The van der Waals surface area contributed by atoms with Crippen LogP contribution in [0, 0.1) is 5.92 Å². The van der Waals surface area contributed by atoms with Crippen LogP contribution in [-0.2, 0) is 4.79 Å². The van der Waals surface area contributed by atoms with Crippen molar-refractivity contribution in [1.82, 2.24) is 10.6 Å². The van der Waals surface area contributed by atoms with Crippen LogP contribution < -0.4 is 10.6 Å². The number of amides is 1. The lowest BCUT2D eigenvalue weighted by Crippen LogP contribution is -2.48. The van der Waals surface area contributed by atoms with E-state index in [0.717, 1.165) is 31.6 Å². The molecule has 0 aromatic carbocycles. The molecule has 0 aromatic rings. The molecule has 3 nitrogen and oxygen atoms in total. The fourth-order valence-corrected chi connectivity index (χ4v) is 4.50. The van der Waals surface area contributed by atoms with Crippen LogP contribution in [0.5, 0.6) is 0 Å². The molecule has 114 valence electrons. The van der Waals surface area contributed by atoms with E-state index < -0.39 is 0 Å². The molecule has 0 spiro atoms. The van der Waals surface area contributed by atoms with E-state index in [1.54, 1.807) is 0 Å². The van der Waals surface area contributed by atoms with Gasteiger partial charge in [0.15, 0.2) is 0 Å². The molecule has 20 heavy (non-hydrogen) atoms. The van der Waals surface area contributed by atoms with Gasteiger partial charge in [0.2, 0.25) is 5.91 Å². The zero-order valence-electron chi connectivity index (χ0n) is 12.7. The van der Waals surface area contributed by atoms with Gasteiger partial charge in [-0.3, -0.25) is 4.79 Å². The van der Waals surface area contributed by atoms with Gasteiger partial charge in [-0.05, 0) is 44.4 Å². The van der Waals surface area contributed by atoms with Crippen molar-refractivity contribution < 1.29 is 4.79 Å².